The molecule has 0 saturated carbocycles. The first-order valence-corrected chi connectivity index (χ1v) is 3.57. The Kier molecular flexibility index (Phi) is 21.8. The Morgan fingerprint density at radius 1 is 1.38 bits per heavy atom. The summed E-state index contributed by atoms with van der Waals surface area (Å²) in [5.74, 6) is 0.792. The van der Waals surface area contributed by atoms with Crippen LogP contribution in [0.25, 0.3) is 0 Å². The van der Waals surface area contributed by atoms with Crippen LogP contribution >= 0.6 is 11.6 Å². The second kappa shape index (κ2) is 15.7. The third-order valence-electron chi connectivity index (χ3n) is 0.543. The van der Waals surface area contributed by atoms with E-state index in [1.807, 2.05) is 14.0 Å². The third kappa shape index (κ3) is 34.0. The average Bonchev–Trinajstić information content (AvgIpc) is 1.88. The highest BCUT2D eigenvalue weighted by Gasteiger charge is 1.59. The van der Waals surface area contributed by atoms with Crippen LogP contribution < -0.4 is 5.32 Å². The van der Waals surface area contributed by atoms with Gasteiger partial charge in [0.2, 0.25) is 0 Å². The van der Waals surface area contributed by atoms with Crippen LogP contribution in [0.3, 0.4) is 0 Å². The normalized spacial score (nSPS) is 7.50. The molecule has 1 nitrogen and oxygen atoms in total. The van der Waals surface area contributed by atoms with Gasteiger partial charge in [0.1, 0.15) is 0 Å². The van der Waals surface area contributed by atoms with Crippen molar-refractivity contribution in [3.8, 4) is 0 Å². The van der Waals surface area contributed by atoms with E-state index in [9.17, 15) is 0 Å². The van der Waals surface area contributed by atoms with Gasteiger partial charge in [0.15, 0.2) is 0 Å². The van der Waals surface area contributed by atoms with Gasteiger partial charge >= 0.3 is 0 Å². The van der Waals surface area contributed by atoms with Crippen molar-refractivity contribution >= 4 is 11.6 Å². The highest BCUT2D eigenvalue weighted by molar-refractivity contribution is 6.17. The summed E-state index contributed by atoms with van der Waals surface area (Å²) in [6.07, 6.45) is 1.08. The van der Waals surface area contributed by atoms with E-state index in [1.54, 1.807) is 0 Å². The minimum atomic E-state index is 0.792. The molecule has 2 heteroatoms. The molecule has 0 aromatic heterocycles. The first kappa shape index (κ1) is 11.1. The lowest BCUT2D eigenvalue weighted by Gasteiger charge is -1.76. The van der Waals surface area contributed by atoms with E-state index in [0.29, 0.717) is 0 Å². The number of nitrogens with one attached hydrogen (secondary N) is 1. The Morgan fingerprint density at radius 2 is 1.62 bits per heavy atom. The Bertz CT molecular complexity index is 16.5. The predicted molar refractivity (Wildman–Crippen MR) is 40.6 cm³/mol. The summed E-state index contributed by atoms with van der Waals surface area (Å²) in [6, 6.07) is 0. The lowest BCUT2D eigenvalue weighted by Crippen LogP contribution is -2.01. The molecule has 0 aliphatic carbocycles. The second-order valence-corrected chi connectivity index (χ2v) is 1.77. The van der Waals surface area contributed by atoms with Crippen molar-refractivity contribution in [1.29, 1.82) is 0 Å². The first-order valence-electron chi connectivity index (χ1n) is 3.04. The standard InChI is InChI=1S/C3H7Cl.C3H9N/c1-2-3-4;1-3-4-2/h2-3H2,1H3;4H,3H2,1-2H3. The van der Waals surface area contributed by atoms with Crippen molar-refractivity contribution < 1.29 is 0 Å². The Labute approximate surface area is 57.4 Å². The molecule has 1 N–H and O–H groups in total. The van der Waals surface area contributed by atoms with Crippen molar-refractivity contribution in [3.63, 3.8) is 0 Å². The number of hydrogen-bond donors (Lipinski definition) is 1. The van der Waals surface area contributed by atoms with Crippen molar-refractivity contribution in [2.75, 3.05) is 19.5 Å². The van der Waals surface area contributed by atoms with Gasteiger partial charge in [-0.1, -0.05) is 13.8 Å². The molecular formula is C6H16ClN. The van der Waals surface area contributed by atoms with Crippen LogP contribution in [0.5, 0.6) is 0 Å². The van der Waals surface area contributed by atoms with Gasteiger partial charge in [-0.2, -0.15) is 0 Å². The van der Waals surface area contributed by atoms with Crippen LogP contribution in [-0.4, -0.2) is 19.5 Å². The Morgan fingerprint density at radius 3 is 1.62 bits per heavy atom. The van der Waals surface area contributed by atoms with Crippen molar-refractivity contribution in [3.05, 3.63) is 0 Å². The molecule has 0 heterocycles. The van der Waals surface area contributed by atoms with Gasteiger partial charge in [0.25, 0.3) is 0 Å². The van der Waals surface area contributed by atoms with Gasteiger partial charge < -0.3 is 5.32 Å². The lowest BCUT2D eigenvalue weighted by atomic mass is 10.6. The maximum atomic E-state index is 5.19. The maximum Gasteiger partial charge on any atom is 0.0220 e. The summed E-state index contributed by atoms with van der Waals surface area (Å²) in [5, 5.41) is 2.93. The SMILES string of the molecule is CCCCl.CCNC. The van der Waals surface area contributed by atoms with Crippen LogP contribution in [-0.2, 0) is 0 Å². The molecule has 0 saturated heterocycles. The number of halogens is 1. The maximum absolute atomic E-state index is 5.19. The fourth-order valence-corrected chi connectivity index (χ4v) is 0. The molecule has 8 heavy (non-hydrogen) atoms. The quantitative estimate of drug-likeness (QED) is 0.573. The minimum Gasteiger partial charge on any atom is -0.320 e. The zero-order chi connectivity index (χ0) is 6.83. The largest absolute Gasteiger partial charge is 0.320 e. The molecular weight excluding hydrogens is 122 g/mol. The predicted octanol–water partition coefficient (Wildman–Crippen LogP) is 1.86. The van der Waals surface area contributed by atoms with Crippen LogP contribution in [0.4, 0.5) is 0 Å². The zero-order valence-corrected chi connectivity index (χ0v) is 6.76. The lowest BCUT2D eigenvalue weighted by molar-refractivity contribution is 0.864. The van der Waals surface area contributed by atoms with Crippen LogP contribution in [0.2, 0.25) is 0 Å². The molecule has 0 spiro atoms. The van der Waals surface area contributed by atoms with Crippen LogP contribution in [0, 0.1) is 0 Å². The smallest absolute Gasteiger partial charge is 0.0220 e. The molecule has 52 valence electrons. The molecule has 0 fully saturated rings. The number of alkyl halides is 1. The first-order chi connectivity index (χ1) is 3.83. The molecule has 0 bridgehead atoms. The van der Waals surface area contributed by atoms with Gasteiger partial charge in [-0.3, -0.25) is 0 Å². The topological polar surface area (TPSA) is 12.0 Å². The van der Waals surface area contributed by atoms with Crippen molar-refractivity contribution in [1.82, 2.24) is 5.32 Å². The molecule has 0 amide bonds. The highest BCUT2D eigenvalue weighted by Crippen LogP contribution is 1.75. The zero-order valence-electron chi connectivity index (χ0n) is 6.00. The van der Waals surface area contributed by atoms with E-state index >= 15 is 0 Å². The Hall–Kier alpha value is 0.250. The monoisotopic (exact) mass is 137 g/mol. The molecule has 0 aliphatic heterocycles. The van der Waals surface area contributed by atoms with Crippen molar-refractivity contribution in [2.24, 2.45) is 0 Å². The highest BCUT2D eigenvalue weighted by atomic mass is 35.5. The average molecular weight is 138 g/mol. The molecule has 0 aromatic rings. The van der Waals surface area contributed by atoms with Gasteiger partial charge in [-0.25, -0.2) is 0 Å². The molecule has 0 aliphatic rings. The minimum absolute atomic E-state index is 0.792. The van der Waals surface area contributed by atoms with E-state index in [1.165, 1.54) is 0 Å². The van der Waals surface area contributed by atoms with Crippen LogP contribution in [0.1, 0.15) is 20.3 Å². The molecule has 0 atom stereocenters. The summed E-state index contributed by atoms with van der Waals surface area (Å²) in [6.45, 7) is 5.19. The van der Waals surface area contributed by atoms with Gasteiger partial charge in [-0.15, -0.1) is 11.6 Å². The van der Waals surface area contributed by atoms with E-state index in [4.69, 9.17) is 11.6 Å². The van der Waals surface area contributed by atoms with E-state index < -0.39 is 0 Å². The fourth-order valence-electron chi connectivity index (χ4n) is 0. The fraction of sp³-hybridized carbons (Fsp3) is 1.00. The van der Waals surface area contributed by atoms with E-state index in [-0.39, 0.29) is 0 Å². The summed E-state index contributed by atoms with van der Waals surface area (Å²) in [7, 11) is 1.93. The van der Waals surface area contributed by atoms with Gasteiger partial charge in [0, 0.05) is 5.88 Å². The van der Waals surface area contributed by atoms with Gasteiger partial charge in [-0.05, 0) is 20.0 Å². The van der Waals surface area contributed by atoms with Crippen LogP contribution in [0.15, 0.2) is 0 Å². The number of rotatable bonds is 2. The summed E-state index contributed by atoms with van der Waals surface area (Å²) >= 11 is 5.19. The van der Waals surface area contributed by atoms with E-state index in [0.717, 1.165) is 18.8 Å². The molecule has 0 aromatic carbocycles. The van der Waals surface area contributed by atoms with Gasteiger partial charge in [0.05, 0.1) is 0 Å². The molecule has 0 rings (SSSR count). The third-order valence-corrected chi connectivity index (χ3v) is 0.921. The van der Waals surface area contributed by atoms with E-state index in [2.05, 4.69) is 12.2 Å². The molecule has 0 radical (unpaired) electrons. The Balaban J connectivity index is 0. The van der Waals surface area contributed by atoms with Crippen molar-refractivity contribution in [2.45, 2.75) is 20.3 Å². The second-order valence-electron chi connectivity index (χ2n) is 1.40. The summed E-state index contributed by atoms with van der Waals surface area (Å²) in [4.78, 5) is 0. The summed E-state index contributed by atoms with van der Waals surface area (Å²) in [5.41, 5.74) is 0. The number of hydrogen-bond acceptors (Lipinski definition) is 1. The summed E-state index contributed by atoms with van der Waals surface area (Å²) < 4.78 is 0. The molecule has 0 unspecified atom stereocenters.